The van der Waals surface area contributed by atoms with Gasteiger partial charge in [0.2, 0.25) is 0 Å². The van der Waals surface area contributed by atoms with Gasteiger partial charge >= 0.3 is 0 Å². The van der Waals surface area contributed by atoms with E-state index in [9.17, 15) is 4.79 Å². The van der Waals surface area contributed by atoms with Crippen LogP contribution in [0.5, 0.6) is 11.5 Å². The van der Waals surface area contributed by atoms with E-state index in [0.717, 1.165) is 18.3 Å². The van der Waals surface area contributed by atoms with Gasteiger partial charge in [-0.05, 0) is 29.3 Å². The number of aldehydes is 1. The molecule has 0 saturated heterocycles. The summed E-state index contributed by atoms with van der Waals surface area (Å²) in [7, 11) is 0. The maximum atomic E-state index is 11.0. The minimum atomic E-state index is 0.455. The fourth-order valence-electron chi connectivity index (χ4n) is 2.49. The van der Waals surface area contributed by atoms with Gasteiger partial charge in [0, 0.05) is 12.0 Å². The molecule has 3 heteroatoms. The van der Waals surface area contributed by atoms with Crippen LogP contribution in [0.4, 0.5) is 0 Å². The first-order chi connectivity index (χ1) is 12.3. The van der Waals surface area contributed by atoms with E-state index in [0.29, 0.717) is 30.3 Å². The maximum Gasteiger partial charge on any atom is 0.161 e. The highest BCUT2D eigenvalue weighted by molar-refractivity contribution is 5.76. The lowest BCUT2D eigenvalue weighted by Crippen LogP contribution is -2.04. The molecule has 0 amide bonds. The molecule has 126 valence electrons. The SMILES string of the molecule is O=Cc1ccc(OCc2ccccc2)c(OCCc2ccccc2)c1. The van der Waals surface area contributed by atoms with Crippen LogP contribution in [0.15, 0.2) is 78.9 Å². The van der Waals surface area contributed by atoms with Gasteiger partial charge in [0.25, 0.3) is 0 Å². The number of benzene rings is 3. The van der Waals surface area contributed by atoms with Crippen LogP contribution in [0.2, 0.25) is 0 Å². The van der Waals surface area contributed by atoms with Gasteiger partial charge in [-0.3, -0.25) is 4.79 Å². The van der Waals surface area contributed by atoms with Crippen molar-refractivity contribution in [1.29, 1.82) is 0 Å². The van der Waals surface area contributed by atoms with Gasteiger partial charge < -0.3 is 9.47 Å². The molecule has 0 radical (unpaired) electrons. The van der Waals surface area contributed by atoms with Crippen LogP contribution >= 0.6 is 0 Å². The first kappa shape index (κ1) is 16.8. The number of hydrogen-bond acceptors (Lipinski definition) is 3. The van der Waals surface area contributed by atoms with Crippen molar-refractivity contribution < 1.29 is 14.3 Å². The van der Waals surface area contributed by atoms with Crippen LogP contribution in [0.3, 0.4) is 0 Å². The molecule has 3 aromatic rings. The highest BCUT2D eigenvalue weighted by atomic mass is 16.5. The van der Waals surface area contributed by atoms with Crippen LogP contribution in [-0.2, 0) is 13.0 Å². The molecule has 0 aliphatic heterocycles. The third-order valence-electron chi connectivity index (χ3n) is 3.83. The van der Waals surface area contributed by atoms with Gasteiger partial charge in [-0.2, -0.15) is 0 Å². The molecule has 25 heavy (non-hydrogen) atoms. The van der Waals surface area contributed by atoms with E-state index < -0.39 is 0 Å². The van der Waals surface area contributed by atoms with Crippen molar-refractivity contribution in [3.05, 3.63) is 95.6 Å². The second kappa shape index (κ2) is 8.69. The van der Waals surface area contributed by atoms with Crippen LogP contribution in [0, 0.1) is 0 Å². The number of hydrogen-bond donors (Lipinski definition) is 0. The van der Waals surface area contributed by atoms with Crippen LogP contribution < -0.4 is 9.47 Å². The Labute approximate surface area is 147 Å². The van der Waals surface area contributed by atoms with Crippen molar-refractivity contribution in [2.24, 2.45) is 0 Å². The fraction of sp³-hybridized carbons (Fsp3) is 0.136. The third kappa shape index (κ3) is 4.95. The molecule has 0 aliphatic rings. The van der Waals surface area contributed by atoms with Crippen molar-refractivity contribution in [1.82, 2.24) is 0 Å². The zero-order valence-corrected chi connectivity index (χ0v) is 13.9. The van der Waals surface area contributed by atoms with Crippen LogP contribution in [-0.4, -0.2) is 12.9 Å². The van der Waals surface area contributed by atoms with Gasteiger partial charge in [-0.15, -0.1) is 0 Å². The Kier molecular flexibility index (Phi) is 5.83. The van der Waals surface area contributed by atoms with Gasteiger partial charge in [-0.25, -0.2) is 0 Å². The standard InChI is InChI=1S/C22H20O3/c23-16-20-11-12-21(25-17-19-9-5-2-6-10-19)22(15-20)24-14-13-18-7-3-1-4-8-18/h1-12,15-16H,13-14,17H2. The molecule has 0 aromatic heterocycles. The quantitative estimate of drug-likeness (QED) is 0.561. The number of carbonyl (C=O) groups is 1. The van der Waals surface area contributed by atoms with Crippen LogP contribution in [0.1, 0.15) is 21.5 Å². The van der Waals surface area contributed by atoms with Crippen molar-refractivity contribution >= 4 is 6.29 Å². The molecule has 0 fully saturated rings. The summed E-state index contributed by atoms with van der Waals surface area (Å²) >= 11 is 0. The summed E-state index contributed by atoms with van der Waals surface area (Å²) in [6, 6.07) is 25.3. The smallest absolute Gasteiger partial charge is 0.161 e. The topological polar surface area (TPSA) is 35.5 Å². The van der Waals surface area contributed by atoms with Gasteiger partial charge in [0.15, 0.2) is 11.5 Å². The highest BCUT2D eigenvalue weighted by Gasteiger charge is 2.07. The molecule has 0 heterocycles. The van der Waals surface area contributed by atoms with E-state index in [-0.39, 0.29) is 0 Å². The first-order valence-electron chi connectivity index (χ1n) is 8.28. The molecular weight excluding hydrogens is 312 g/mol. The normalized spacial score (nSPS) is 10.2. The molecule has 3 rings (SSSR count). The lowest BCUT2D eigenvalue weighted by atomic mass is 10.2. The first-order valence-corrected chi connectivity index (χ1v) is 8.28. The Balaban J connectivity index is 1.66. The summed E-state index contributed by atoms with van der Waals surface area (Å²) in [6.45, 7) is 0.977. The van der Waals surface area contributed by atoms with Crippen molar-refractivity contribution in [3.8, 4) is 11.5 Å². The predicted molar refractivity (Wildman–Crippen MR) is 98.2 cm³/mol. The minimum absolute atomic E-state index is 0.455. The van der Waals surface area contributed by atoms with Gasteiger partial charge in [0.1, 0.15) is 12.9 Å². The van der Waals surface area contributed by atoms with E-state index in [4.69, 9.17) is 9.47 Å². The fourth-order valence-corrected chi connectivity index (χ4v) is 2.49. The second-order valence-corrected chi connectivity index (χ2v) is 5.68. The van der Waals surface area contributed by atoms with E-state index in [1.807, 2.05) is 48.5 Å². The zero-order chi connectivity index (χ0) is 17.3. The molecule has 0 bridgehead atoms. The lowest BCUT2D eigenvalue weighted by molar-refractivity contribution is 0.112. The van der Waals surface area contributed by atoms with E-state index in [2.05, 4.69) is 12.1 Å². The van der Waals surface area contributed by atoms with Crippen molar-refractivity contribution in [3.63, 3.8) is 0 Å². The van der Waals surface area contributed by atoms with Crippen LogP contribution in [0.25, 0.3) is 0 Å². The zero-order valence-electron chi connectivity index (χ0n) is 13.9. The van der Waals surface area contributed by atoms with Gasteiger partial charge in [0.05, 0.1) is 6.61 Å². The largest absolute Gasteiger partial charge is 0.489 e. The second-order valence-electron chi connectivity index (χ2n) is 5.68. The number of carbonyl (C=O) groups excluding carboxylic acids is 1. The Morgan fingerprint density at radius 1 is 0.720 bits per heavy atom. The Morgan fingerprint density at radius 3 is 2.08 bits per heavy atom. The molecule has 0 saturated carbocycles. The molecule has 0 aliphatic carbocycles. The minimum Gasteiger partial charge on any atom is -0.489 e. The third-order valence-corrected chi connectivity index (χ3v) is 3.83. The average Bonchev–Trinajstić information content (AvgIpc) is 2.68. The van der Waals surface area contributed by atoms with E-state index in [1.165, 1.54) is 5.56 Å². The predicted octanol–water partition coefficient (Wildman–Crippen LogP) is 4.70. The van der Waals surface area contributed by atoms with E-state index >= 15 is 0 Å². The summed E-state index contributed by atoms with van der Waals surface area (Å²) < 4.78 is 11.8. The van der Waals surface area contributed by atoms with Crippen molar-refractivity contribution in [2.75, 3.05) is 6.61 Å². The summed E-state index contributed by atoms with van der Waals surface area (Å²) in [4.78, 5) is 11.0. The monoisotopic (exact) mass is 332 g/mol. The number of rotatable bonds is 8. The molecule has 3 aromatic carbocycles. The Hall–Kier alpha value is -3.07. The van der Waals surface area contributed by atoms with Gasteiger partial charge in [-0.1, -0.05) is 60.7 Å². The molecule has 0 atom stereocenters. The molecule has 0 unspecified atom stereocenters. The van der Waals surface area contributed by atoms with Crippen molar-refractivity contribution in [2.45, 2.75) is 13.0 Å². The summed E-state index contributed by atoms with van der Waals surface area (Å²) in [5.74, 6) is 1.24. The Bertz CT molecular complexity index is 798. The molecular formula is C22H20O3. The Morgan fingerprint density at radius 2 is 1.40 bits per heavy atom. The maximum absolute atomic E-state index is 11.0. The van der Waals surface area contributed by atoms with E-state index in [1.54, 1.807) is 18.2 Å². The molecule has 0 N–H and O–H groups in total. The average molecular weight is 332 g/mol. The highest BCUT2D eigenvalue weighted by Crippen LogP contribution is 2.29. The summed E-state index contributed by atoms with van der Waals surface area (Å²) in [6.07, 6.45) is 1.61. The lowest BCUT2D eigenvalue weighted by Gasteiger charge is -2.13. The summed E-state index contributed by atoms with van der Waals surface area (Å²) in [5.41, 5.74) is 2.86. The molecule has 3 nitrogen and oxygen atoms in total. The summed E-state index contributed by atoms with van der Waals surface area (Å²) in [5, 5.41) is 0. The number of ether oxygens (including phenoxy) is 2. The molecule has 0 spiro atoms.